The number of hydrogen-bond acceptors (Lipinski definition) is 4. The van der Waals surface area contributed by atoms with Crippen molar-refractivity contribution in [1.82, 2.24) is 4.31 Å². The highest BCUT2D eigenvalue weighted by molar-refractivity contribution is 7.89. The first-order valence-electron chi connectivity index (χ1n) is 6.91. The fraction of sp³-hybridized carbons (Fsp3) is 0.200. The number of anilines is 1. The van der Waals surface area contributed by atoms with Gasteiger partial charge in [-0.25, -0.2) is 16.9 Å². The van der Waals surface area contributed by atoms with Gasteiger partial charge in [0.2, 0.25) is 10.0 Å². The van der Waals surface area contributed by atoms with Crippen LogP contribution >= 0.6 is 23.2 Å². The number of hydrogen-bond donors (Lipinski definition) is 1. The van der Waals surface area contributed by atoms with Crippen LogP contribution in [-0.4, -0.2) is 37.3 Å². The van der Waals surface area contributed by atoms with E-state index in [1.54, 1.807) is 12.1 Å². The maximum Gasteiger partial charge on any atom is 0.242 e. The van der Waals surface area contributed by atoms with Gasteiger partial charge in [-0.05, 0) is 30.3 Å². The predicted molar refractivity (Wildman–Crippen MR) is 102 cm³/mol. The van der Waals surface area contributed by atoms with Gasteiger partial charge in [0.05, 0.1) is 15.6 Å². The number of rotatable bonds is 6. The molecule has 1 N–H and O–H groups in total. The van der Waals surface area contributed by atoms with E-state index in [2.05, 4.69) is 4.72 Å². The molecule has 0 fully saturated rings. The molecule has 1 atom stereocenters. The fourth-order valence-electron chi connectivity index (χ4n) is 1.87. The van der Waals surface area contributed by atoms with Crippen LogP contribution in [0, 0.1) is 0 Å². The first-order valence-corrected chi connectivity index (χ1v) is 10.7. The molecule has 0 aliphatic carbocycles. The summed E-state index contributed by atoms with van der Waals surface area (Å²) in [5.74, 6) is 0.456. The minimum Gasteiger partial charge on any atom is -0.454 e. The van der Waals surface area contributed by atoms with Crippen molar-refractivity contribution >= 4 is 49.9 Å². The van der Waals surface area contributed by atoms with Crippen molar-refractivity contribution in [3.63, 3.8) is 0 Å². The zero-order chi connectivity index (χ0) is 18.8. The second kappa shape index (κ2) is 7.92. The smallest absolute Gasteiger partial charge is 0.242 e. The van der Waals surface area contributed by atoms with Crippen LogP contribution in [0.2, 0.25) is 10.0 Å². The van der Waals surface area contributed by atoms with Gasteiger partial charge in [-0.2, -0.15) is 0 Å². The number of nitrogens with zero attached hydrogens (tertiary/aromatic N) is 1. The lowest BCUT2D eigenvalue weighted by atomic mass is 10.3. The highest BCUT2D eigenvalue weighted by atomic mass is 35.5. The summed E-state index contributed by atoms with van der Waals surface area (Å²) in [5, 5.41) is 0.700. The van der Waals surface area contributed by atoms with Gasteiger partial charge < -0.3 is 9.46 Å². The number of halogens is 2. The van der Waals surface area contributed by atoms with E-state index in [4.69, 9.17) is 27.9 Å². The van der Waals surface area contributed by atoms with Gasteiger partial charge in [-0.3, -0.25) is 0 Å². The molecule has 0 heterocycles. The second-order valence-corrected chi connectivity index (χ2v) is 9.29. The molecule has 0 aromatic heterocycles. The summed E-state index contributed by atoms with van der Waals surface area (Å²) in [6.07, 6.45) is 1.45. The van der Waals surface area contributed by atoms with Crippen LogP contribution in [0.25, 0.3) is 0 Å². The Balaban J connectivity index is 2.53. The van der Waals surface area contributed by atoms with Crippen molar-refractivity contribution in [2.45, 2.75) is 4.90 Å². The third-order valence-corrected chi connectivity index (χ3v) is 5.95. The lowest BCUT2D eigenvalue weighted by Gasteiger charge is -2.16. The summed E-state index contributed by atoms with van der Waals surface area (Å²) in [7, 11) is -2.17. The first kappa shape index (κ1) is 20.0. The van der Waals surface area contributed by atoms with E-state index in [1.165, 1.54) is 44.6 Å². The van der Waals surface area contributed by atoms with Crippen LogP contribution in [0.15, 0.2) is 41.3 Å². The number of ether oxygens (including phenoxy) is 1. The van der Waals surface area contributed by atoms with Crippen LogP contribution in [0.5, 0.6) is 11.5 Å². The van der Waals surface area contributed by atoms with E-state index in [0.29, 0.717) is 10.7 Å². The normalized spacial score (nSPS) is 12.9. The van der Waals surface area contributed by atoms with E-state index < -0.39 is 21.0 Å². The molecule has 0 bridgehead atoms. The Morgan fingerprint density at radius 2 is 1.76 bits per heavy atom. The van der Waals surface area contributed by atoms with E-state index in [1.807, 2.05) is 0 Å². The number of nitrogens with one attached hydrogen (secondary N) is 1. The molecule has 6 nitrogen and oxygen atoms in total. The van der Waals surface area contributed by atoms with Gasteiger partial charge in [0.25, 0.3) is 0 Å². The molecule has 0 amide bonds. The number of benzene rings is 2. The van der Waals surface area contributed by atoms with Crippen molar-refractivity contribution < 1.29 is 17.4 Å². The van der Waals surface area contributed by atoms with Gasteiger partial charge in [0, 0.05) is 31.4 Å². The van der Waals surface area contributed by atoms with Crippen molar-refractivity contribution in [3.05, 3.63) is 46.4 Å². The van der Waals surface area contributed by atoms with Crippen molar-refractivity contribution in [1.29, 1.82) is 0 Å². The predicted octanol–water partition coefficient (Wildman–Crippen LogP) is 3.74. The van der Waals surface area contributed by atoms with Crippen LogP contribution in [0.4, 0.5) is 5.69 Å². The second-order valence-electron chi connectivity index (χ2n) is 5.18. The summed E-state index contributed by atoms with van der Waals surface area (Å²) in [6.45, 7) is 0. The Hall–Kier alpha value is -1.32. The van der Waals surface area contributed by atoms with Crippen LogP contribution < -0.4 is 9.46 Å². The molecule has 136 valence electrons. The zero-order valence-electron chi connectivity index (χ0n) is 13.6. The molecule has 0 aliphatic heterocycles. The van der Waals surface area contributed by atoms with Crippen LogP contribution in [-0.2, 0) is 21.0 Å². The third kappa shape index (κ3) is 4.86. The van der Waals surface area contributed by atoms with Gasteiger partial charge in [-0.1, -0.05) is 23.2 Å². The molecule has 1 unspecified atom stereocenters. The molecule has 0 radical (unpaired) electrons. The number of sulfonamides is 1. The molecule has 2 rings (SSSR count). The van der Waals surface area contributed by atoms with Crippen LogP contribution in [0.1, 0.15) is 0 Å². The summed E-state index contributed by atoms with van der Waals surface area (Å²) in [5.41, 5.74) is 0.365. The SMILES string of the molecule is CN(C)S(=O)(=O)c1ccc(NS(C)=O)c(Oc2ccc(Cl)cc2Cl)c1. The summed E-state index contributed by atoms with van der Waals surface area (Å²) in [4.78, 5) is 0.0324. The molecular formula is C15H16Cl2N2O4S2. The quantitative estimate of drug-likeness (QED) is 0.768. The Bertz CT molecular complexity index is 918. The largest absolute Gasteiger partial charge is 0.454 e. The molecule has 0 saturated carbocycles. The minimum atomic E-state index is -3.66. The van der Waals surface area contributed by atoms with E-state index in [9.17, 15) is 12.6 Å². The Morgan fingerprint density at radius 3 is 2.32 bits per heavy atom. The van der Waals surface area contributed by atoms with E-state index in [-0.39, 0.29) is 21.4 Å². The van der Waals surface area contributed by atoms with Crippen molar-refractivity contribution in [2.24, 2.45) is 0 Å². The van der Waals surface area contributed by atoms with Gasteiger partial charge in [-0.15, -0.1) is 0 Å². The lowest BCUT2D eigenvalue weighted by Crippen LogP contribution is -2.22. The third-order valence-electron chi connectivity index (χ3n) is 3.10. The average molecular weight is 423 g/mol. The highest BCUT2D eigenvalue weighted by Crippen LogP contribution is 2.36. The Labute approximate surface area is 159 Å². The Kier molecular flexibility index (Phi) is 6.34. The molecule has 0 saturated heterocycles. The maximum absolute atomic E-state index is 12.3. The molecule has 25 heavy (non-hydrogen) atoms. The van der Waals surface area contributed by atoms with Gasteiger partial charge >= 0.3 is 0 Å². The maximum atomic E-state index is 12.3. The molecule has 0 spiro atoms. The minimum absolute atomic E-state index is 0.0324. The van der Waals surface area contributed by atoms with Gasteiger partial charge in [0.15, 0.2) is 5.75 Å². The summed E-state index contributed by atoms with van der Waals surface area (Å²) < 4.78 is 45.7. The average Bonchev–Trinajstić information content (AvgIpc) is 2.50. The molecule has 10 heteroatoms. The summed E-state index contributed by atoms with van der Waals surface area (Å²) in [6, 6.07) is 8.88. The zero-order valence-corrected chi connectivity index (χ0v) is 16.8. The molecule has 0 aliphatic rings. The lowest BCUT2D eigenvalue weighted by molar-refractivity contribution is 0.481. The van der Waals surface area contributed by atoms with Gasteiger partial charge in [0.1, 0.15) is 16.7 Å². The summed E-state index contributed by atoms with van der Waals surface area (Å²) >= 11 is 12.0. The Morgan fingerprint density at radius 1 is 1.08 bits per heavy atom. The monoisotopic (exact) mass is 422 g/mol. The molecular weight excluding hydrogens is 407 g/mol. The standard InChI is InChI=1S/C15H16Cl2N2O4S2/c1-19(2)25(21,22)11-5-6-13(18-24(3)20)15(9-11)23-14-7-4-10(16)8-12(14)17/h4-9,18H,1-3H3. The first-order chi connectivity index (χ1) is 11.6. The molecule has 2 aromatic rings. The van der Waals surface area contributed by atoms with E-state index >= 15 is 0 Å². The van der Waals surface area contributed by atoms with E-state index in [0.717, 1.165) is 4.31 Å². The highest BCUT2D eigenvalue weighted by Gasteiger charge is 2.20. The topological polar surface area (TPSA) is 75.7 Å². The van der Waals surface area contributed by atoms with Crippen molar-refractivity contribution in [2.75, 3.05) is 25.1 Å². The van der Waals surface area contributed by atoms with Crippen LogP contribution in [0.3, 0.4) is 0 Å². The van der Waals surface area contributed by atoms with Crippen molar-refractivity contribution in [3.8, 4) is 11.5 Å². The molecule has 2 aromatic carbocycles. The fourth-order valence-corrected chi connectivity index (χ4v) is 3.72.